The van der Waals surface area contributed by atoms with Gasteiger partial charge >= 0.3 is 0 Å². The van der Waals surface area contributed by atoms with Crippen LogP contribution in [0.4, 0.5) is 34.1 Å². The van der Waals surface area contributed by atoms with Gasteiger partial charge in [0.05, 0.1) is 11.0 Å². The zero-order chi connectivity index (χ0) is 42.0. The van der Waals surface area contributed by atoms with Gasteiger partial charge in [0, 0.05) is 56.0 Å². The molecule has 2 saturated carbocycles. The first-order valence-electron chi connectivity index (χ1n) is 23.3. The average Bonchev–Trinajstić information content (AvgIpc) is 3.70. The van der Waals surface area contributed by atoms with Gasteiger partial charge in [-0.05, 0) is 145 Å². The maximum Gasteiger partial charge on any atom is 0.0542 e. The topological polar surface area (TPSA) is 11.4 Å². The summed E-state index contributed by atoms with van der Waals surface area (Å²) in [7, 11) is 0. The lowest BCUT2D eigenvalue weighted by molar-refractivity contribution is 0.346. The van der Waals surface area contributed by atoms with Crippen LogP contribution in [0.1, 0.15) is 86.8 Å². The van der Waals surface area contributed by atoms with Crippen molar-refractivity contribution in [3.63, 3.8) is 0 Å². The SMILES string of the molecule is c1ccc(N(c2ccc(C3CCCCC3)cc2)c2ccc(C3(c4ccc(N(c5ccccc5)c5ccc6c(c5)c5ccccc5n6-c5ccccc5)cc4)CCCCC3)cc2)cc1. The molecule has 1 heterocycles. The van der Waals surface area contributed by atoms with Crippen molar-refractivity contribution in [3.05, 3.63) is 223 Å². The fourth-order valence-electron chi connectivity index (χ4n) is 11.1. The molecule has 0 radical (unpaired) electrons. The van der Waals surface area contributed by atoms with E-state index in [-0.39, 0.29) is 5.41 Å². The number of benzene rings is 8. The Balaban J connectivity index is 0.945. The average molecular weight is 818 g/mol. The van der Waals surface area contributed by atoms with Crippen LogP contribution in [0.2, 0.25) is 0 Å². The van der Waals surface area contributed by atoms with E-state index in [1.807, 2.05) is 0 Å². The van der Waals surface area contributed by atoms with Crippen molar-refractivity contribution in [3.8, 4) is 5.69 Å². The molecule has 0 amide bonds. The molecule has 2 fully saturated rings. The molecule has 1 aromatic heterocycles. The highest BCUT2D eigenvalue weighted by Crippen LogP contribution is 2.48. The Kier molecular flexibility index (Phi) is 10.6. The normalized spacial score (nSPS) is 15.4. The summed E-state index contributed by atoms with van der Waals surface area (Å²) in [5.41, 5.74) is 14.9. The van der Waals surface area contributed by atoms with Gasteiger partial charge in [0.25, 0.3) is 0 Å². The summed E-state index contributed by atoms with van der Waals surface area (Å²) in [6.45, 7) is 0. The third-order valence-electron chi connectivity index (χ3n) is 14.2. The second kappa shape index (κ2) is 17.1. The lowest BCUT2D eigenvalue weighted by Crippen LogP contribution is -2.30. The number of hydrogen-bond acceptors (Lipinski definition) is 2. The maximum atomic E-state index is 2.43. The van der Waals surface area contributed by atoms with Crippen LogP contribution in [0.3, 0.4) is 0 Å². The summed E-state index contributed by atoms with van der Waals surface area (Å²) in [5, 5.41) is 2.50. The highest BCUT2D eigenvalue weighted by Gasteiger charge is 2.36. The van der Waals surface area contributed by atoms with E-state index in [0.29, 0.717) is 5.92 Å². The second-order valence-electron chi connectivity index (χ2n) is 17.9. The number of nitrogens with zero attached hydrogens (tertiary/aromatic N) is 3. The number of rotatable bonds is 10. The third kappa shape index (κ3) is 7.40. The molecule has 0 bridgehead atoms. The first kappa shape index (κ1) is 39.0. The Morgan fingerprint density at radius 2 is 0.810 bits per heavy atom. The Hall–Kier alpha value is -6.84. The molecule has 0 atom stereocenters. The third-order valence-corrected chi connectivity index (χ3v) is 14.2. The van der Waals surface area contributed by atoms with Crippen molar-refractivity contribution in [2.75, 3.05) is 9.80 Å². The smallest absolute Gasteiger partial charge is 0.0542 e. The van der Waals surface area contributed by atoms with Crippen molar-refractivity contribution >= 4 is 55.9 Å². The summed E-state index contributed by atoms with van der Waals surface area (Å²) in [5.74, 6) is 0.697. The summed E-state index contributed by atoms with van der Waals surface area (Å²) >= 11 is 0. The Morgan fingerprint density at radius 3 is 1.40 bits per heavy atom. The van der Waals surface area contributed by atoms with Gasteiger partial charge in [-0.15, -0.1) is 0 Å². The Morgan fingerprint density at radius 1 is 0.365 bits per heavy atom. The van der Waals surface area contributed by atoms with Gasteiger partial charge in [-0.2, -0.15) is 0 Å². The minimum Gasteiger partial charge on any atom is -0.311 e. The lowest BCUT2D eigenvalue weighted by atomic mass is 9.65. The lowest BCUT2D eigenvalue weighted by Gasteiger charge is -2.39. The highest BCUT2D eigenvalue weighted by atomic mass is 15.1. The second-order valence-corrected chi connectivity index (χ2v) is 17.9. The molecule has 0 unspecified atom stereocenters. The standard InChI is InChI=1S/C60H55N3/c1-6-18-45(19-7-1)46-28-34-52(35-29-46)61(49-20-8-2-9-21-49)53-36-30-47(31-37-53)60(42-16-5-17-43-60)48-32-38-54(39-33-48)62(50-22-10-3-11-23-50)55-40-41-59-57(44-55)56-26-14-15-27-58(56)63(59)51-24-12-4-13-25-51/h2-4,8-15,20-41,44-45H,1,5-7,16-19,42-43H2. The van der Waals surface area contributed by atoms with Gasteiger partial charge in [0.1, 0.15) is 0 Å². The van der Waals surface area contributed by atoms with Crippen LogP contribution >= 0.6 is 0 Å². The Labute approximate surface area is 372 Å². The van der Waals surface area contributed by atoms with Crippen LogP contribution in [0.25, 0.3) is 27.5 Å². The van der Waals surface area contributed by atoms with Crippen LogP contribution in [-0.2, 0) is 5.41 Å². The maximum absolute atomic E-state index is 2.43. The minimum absolute atomic E-state index is 0.0374. The van der Waals surface area contributed by atoms with Crippen LogP contribution in [0, 0.1) is 0 Å². The molecule has 63 heavy (non-hydrogen) atoms. The van der Waals surface area contributed by atoms with Gasteiger partial charge in [-0.25, -0.2) is 0 Å². The molecule has 0 spiro atoms. The van der Waals surface area contributed by atoms with E-state index in [2.05, 4.69) is 221 Å². The Bertz CT molecular complexity index is 2920. The molecule has 2 aliphatic rings. The quantitative estimate of drug-likeness (QED) is 0.136. The molecular weight excluding hydrogens is 763 g/mol. The van der Waals surface area contributed by atoms with Gasteiger partial charge in [0.2, 0.25) is 0 Å². The molecule has 8 aromatic carbocycles. The van der Waals surface area contributed by atoms with E-state index in [0.717, 1.165) is 29.9 Å². The monoisotopic (exact) mass is 817 g/mol. The minimum atomic E-state index is -0.0374. The molecule has 11 rings (SSSR count). The molecule has 0 N–H and O–H groups in total. The van der Waals surface area contributed by atoms with Gasteiger partial charge in [-0.3, -0.25) is 0 Å². The van der Waals surface area contributed by atoms with Gasteiger partial charge in [-0.1, -0.05) is 148 Å². The van der Waals surface area contributed by atoms with Crippen molar-refractivity contribution < 1.29 is 0 Å². The van der Waals surface area contributed by atoms with Crippen molar-refractivity contribution in [1.29, 1.82) is 0 Å². The molecule has 9 aromatic rings. The number of anilines is 6. The first-order chi connectivity index (χ1) is 31.2. The summed E-state index contributed by atoms with van der Waals surface area (Å²) in [6.07, 6.45) is 12.8. The van der Waals surface area contributed by atoms with Gasteiger partial charge < -0.3 is 14.4 Å². The van der Waals surface area contributed by atoms with Crippen LogP contribution in [0.15, 0.2) is 206 Å². The fraction of sp³-hybridized carbons (Fsp3) is 0.200. The number of para-hydroxylation sites is 4. The van der Waals surface area contributed by atoms with Crippen molar-refractivity contribution in [2.24, 2.45) is 0 Å². The first-order valence-corrected chi connectivity index (χ1v) is 23.3. The molecule has 3 heteroatoms. The van der Waals surface area contributed by atoms with E-state index < -0.39 is 0 Å². The summed E-state index contributed by atoms with van der Waals surface area (Å²) in [6, 6.07) is 76.8. The number of fused-ring (bicyclic) bond motifs is 3. The molecule has 310 valence electrons. The van der Waals surface area contributed by atoms with E-state index in [4.69, 9.17) is 0 Å². The summed E-state index contributed by atoms with van der Waals surface area (Å²) in [4.78, 5) is 4.84. The largest absolute Gasteiger partial charge is 0.311 e. The number of aromatic nitrogens is 1. The van der Waals surface area contributed by atoms with E-state index in [9.17, 15) is 0 Å². The van der Waals surface area contributed by atoms with E-state index in [1.165, 1.54) is 113 Å². The molecule has 2 aliphatic carbocycles. The molecule has 0 aliphatic heterocycles. The van der Waals surface area contributed by atoms with Crippen LogP contribution in [0.5, 0.6) is 0 Å². The number of hydrogen-bond donors (Lipinski definition) is 0. The predicted octanol–water partition coefficient (Wildman–Crippen LogP) is 17.0. The predicted molar refractivity (Wildman–Crippen MR) is 266 cm³/mol. The molecular formula is C60H55N3. The molecule has 3 nitrogen and oxygen atoms in total. The van der Waals surface area contributed by atoms with E-state index in [1.54, 1.807) is 0 Å². The van der Waals surface area contributed by atoms with Crippen molar-refractivity contribution in [1.82, 2.24) is 4.57 Å². The zero-order valence-electron chi connectivity index (χ0n) is 36.1. The van der Waals surface area contributed by atoms with Crippen LogP contribution in [-0.4, -0.2) is 4.57 Å². The molecule has 0 saturated heterocycles. The fourth-order valence-corrected chi connectivity index (χ4v) is 11.1. The highest BCUT2D eigenvalue weighted by molar-refractivity contribution is 6.10. The van der Waals surface area contributed by atoms with Gasteiger partial charge in [0.15, 0.2) is 0 Å². The van der Waals surface area contributed by atoms with Crippen molar-refractivity contribution in [2.45, 2.75) is 75.5 Å². The summed E-state index contributed by atoms with van der Waals surface area (Å²) < 4.78 is 2.39. The van der Waals surface area contributed by atoms with Crippen LogP contribution < -0.4 is 9.80 Å². The zero-order valence-corrected chi connectivity index (χ0v) is 36.1. The van der Waals surface area contributed by atoms with E-state index >= 15 is 0 Å².